The van der Waals surface area contributed by atoms with E-state index < -0.39 is 15.6 Å². The first-order valence-electron chi connectivity index (χ1n) is 9.07. The number of halogens is 1. The van der Waals surface area contributed by atoms with Gasteiger partial charge in [-0.1, -0.05) is 48.5 Å². The molecule has 0 aliphatic heterocycles. The highest BCUT2D eigenvalue weighted by Crippen LogP contribution is 2.19. The summed E-state index contributed by atoms with van der Waals surface area (Å²) in [6.07, 6.45) is 1.12. The Kier molecular flexibility index (Phi) is 9.87. The number of nitrogens with one attached hydrogen (secondary N) is 3. The molecule has 0 spiro atoms. The molecule has 2 rings (SSSR count). The Morgan fingerprint density at radius 1 is 1.07 bits per heavy atom. The van der Waals surface area contributed by atoms with Gasteiger partial charge in [-0.15, -0.1) is 24.0 Å². The second-order valence-corrected chi connectivity index (χ2v) is 8.47. The molecule has 29 heavy (non-hydrogen) atoms. The molecule has 9 heteroatoms. The highest BCUT2D eigenvalue weighted by molar-refractivity contribution is 14.0. The van der Waals surface area contributed by atoms with Gasteiger partial charge in [0.1, 0.15) is 5.60 Å². The molecule has 160 valence electrons. The van der Waals surface area contributed by atoms with Crippen LogP contribution in [-0.2, 0) is 22.2 Å². The van der Waals surface area contributed by atoms with Gasteiger partial charge >= 0.3 is 0 Å². The molecule has 0 aliphatic carbocycles. The van der Waals surface area contributed by atoms with Gasteiger partial charge in [0.25, 0.3) is 0 Å². The van der Waals surface area contributed by atoms with E-state index in [1.165, 1.54) is 0 Å². The van der Waals surface area contributed by atoms with Crippen molar-refractivity contribution in [1.82, 2.24) is 10.6 Å². The number of anilines is 1. The number of hydrogen-bond donors (Lipinski definition) is 4. The van der Waals surface area contributed by atoms with E-state index in [9.17, 15) is 13.5 Å². The lowest BCUT2D eigenvalue weighted by Gasteiger charge is -2.25. The number of benzene rings is 2. The molecular formula is C20H29IN4O3S. The first-order chi connectivity index (χ1) is 13.2. The molecule has 2 aromatic rings. The summed E-state index contributed by atoms with van der Waals surface area (Å²) in [5.74, 6) is 0.535. The van der Waals surface area contributed by atoms with Crippen molar-refractivity contribution in [3.05, 3.63) is 65.7 Å². The van der Waals surface area contributed by atoms with Gasteiger partial charge in [-0.05, 0) is 31.0 Å². The third-order valence-electron chi connectivity index (χ3n) is 4.06. The van der Waals surface area contributed by atoms with Crippen LogP contribution in [-0.4, -0.2) is 38.8 Å². The molecule has 2 aromatic carbocycles. The Labute approximate surface area is 190 Å². The normalized spacial score (nSPS) is 13.7. The van der Waals surface area contributed by atoms with E-state index in [1.54, 1.807) is 19.1 Å². The van der Waals surface area contributed by atoms with Crippen LogP contribution < -0.4 is 15.4 Å². The molecule has 0 aliphatic rings. The third kappa shape index (κ3) is 8.58. The van der Waals surface area contributed by atoms with Gasteiger partial charge in [-0.3, -0.25) is 4.72 Å². The highest BCUT2D eigenvalue weighted by atomic mass is 127. The van der Waals surface area contributed by atoms with E-state index in [4.69, 9.17) is 0 Å². The number of para-hydroxylation sites is 1. The Bertz CT molecular complexity index is 903. The number of hydrogen-bond acceptors (Lipinski definition) is 4. The second kappa shape index (κ2) is 11.4. The van der Waals surface area contributed by atoms with Crippen molar-refractivity contribution in [3.63, 3.8) is 0 Å². The van der Waals surface area contributed by atoms with E-state index >= 15 is 0 Å². The topological polar surface area (TPSA) is 103 Å². The highest BCUT2D eigenvalue weighted by Gasteiger charge is 2.23. The van der Waals surface area contributed by atoms with Crippen LogP contribution in [0, 0.1) is 0 Å². The molecular weight excluding hydrogens is 503 g/mol. The van der Waals surface area contributed by atoms with Crippen molar-refractivity contribution in [2.45, 2.75) is 26.0 Å². The average Bonchev–Trinajstić information content (AvgIpc) is 2.64. The predicted octanol–water partition coefficient (Wildman–Crippen LogP) is 2.64. The lowest BCUT2D eigenvalue weighted by molar-refractivity contribution is 0.0617. The van der Waals surface area contributed by atoms with Gasteiger partial charge in [0.15, 0.2) is 5.96 Å². The van der Waals surface area contributed by atoms with Gasteiger partial charge in [-0.2, -0.15) is 0 Å². The van der Waals surface area contributed by atoms with Crippen LogP contribution in [0.25, 0.3) is 0 Å². The molecule has 4 N–H and O–H groups in total. The Morgan fingerprint density at radius 2 is 1.69 bits per heavy atom. The number of nitrogens with zero attached hydrogens (tertiary/aromatic N) is 1. The van der Waals surface area contributed by atoms with E-state index in [0.717, 1.165) is 17.4 Å². The van der Waals surface area contributed by atoms with E-state index in [1.807, 2.05) is 49.4 Å². The Morgan fingerprint density at radius 3 is 2.31 bits per heavy atom. The Balaban J connectivity index is 0.00000420. The quantitative estimate of drug-likeness (QED) is 0.238. The monoisotopic (exact) mass is 532 g/mol. The fourth-order valence-electron chi connectivity index (χ4n) is 2.62. The number of rotatable bonds is 8. The molecule has 0 saturated heterocycles. The van der Waals surface area contributed by atoms with Crippen molar-refractivity contribution in [1.29, 1.82) is 0 Å². The number of guanidine groups is 1. The predicted molar refractivity (Wildman–Crippen MR) is 129 cm³/mol. The van der Waals surface area contributed by atoms with Crippen LogP contribution in [0.3, 0.4) is 0 Å². The first-order valence-corrected chi connectivity index (χ1v) is 11.0. The van der Waals surface area contributed by atoms with E-state index in [0.29, 0.717) is 18.2 Å². The average molecular weight is 532 g/mol. The summed E-state index contributed by atoms with van der Waals surface area (Å²) in [7, 11) is -3.37. The molecule has 0 bridgehead atoms. The summed E-state index contributed by atoms with van der Waals surface area (Å²) < 4.78 is 25.6. The minimum atomic E-state index is -3.37. The summed E-state index contributed by atoms with van der Waals surface area (Å²) in [6.45, 7) is 4.89. The van der Waals surface area contributed by atoms with Crippen molar-refractivity contribution in [2.75, 3.05) is 24.1 Å². The molecule has 0 saturated carbocycles. The third-order valence-corrected chi connectivity index (χ3v) is 4.65. The van der Waals surface area contributed by atoms with E-state index in [2.05, 4.69) is 20.3 Å². The van der Waals surface area contributed by atoms with Gasteiger partial charge in [0, 0.05) is 6.54 Å². The van der Waals surface area contributed by atoms with Crippen LogP contribution in [0.1, 0.15) is 25.0 Å². The summed E-state index contributed by atoms with van der Waals surface area (Å²) in [4.78, 5) is 4.52. The zero-order valence-corrected chi connectivity index (χ0v) is 20.0. The van der Waals surface area contributed by atoms with Crippen LogP contribution in [0.15, 0.2) is 59.6 Å². The fourth-order valence-corrected chi connectivity index (χ4v) is 3.22. The number of aliphatic hydroxyl groups is 1. The van der Waals surface area contributed by atoms with Crippen LogP contribution in [0.5, 0.6) is 0 Å². The zero-order valence-electron chi connectivity index (χ0n) is 16.8. The van der Waals surface area contributed by atoms with Crippen LogP contribution >= 0.6 is 24.0 Å². The SMILES string of the molecule is CCNC(=NCc1ccccc1NS(C)(=O)=O)NCC(C)(O)c1ccccc1.I. The molecule has 0 radical (unpaired) electrons. The summed E-state index contributed by atoms with van der Waals surface area (Å²) in [5.41, 5.74) is 0.995. The lowest BCUT2D eigenvalue weighted by atomic mass is 9.96. The molecule has 0 amide bonds. The number of sulfonamides is 1. The molecule has 1 atom stereocenters. The summed E-state index contributed by atoms with van der Waals surface area (Å²) >= 11 is 0. The fraction of sp³-hybridized carbons (Fsp3) is 0.350. The van der Waals surface area contributed by atoms with Gasteiger partial charge in [-0.25, -0.2) is 13.4 Å². The van der Waals surface area contributed by atoms with Crippen molar-refractivity contribution in [3.8, 4) is 0 Å². The van der Waals surface area contributed by atoms with Crippen molar-refractivity contribution < 1.29 is 13.5 Å². The van der Waals surface area contributed by atoms with Gasteiger partial charge in [0.2, 0.25) is 10.0 Å². The first kappa shape index (κ1) is 25.2. The molecule has 1 unspecified atom stereocenters. The lowest BCUT2D eigenvalue weighted by Crippen LogP contribution is -2.44. The minimum absolute atomic E-state index is 0. The van der Waals surface area contributed by atoms with Crippen molar-refractivity contribution in [2.24, 2.45) is 4.99 Å². The summed E-state index contributed by atoms with van der Waals surface area (Å²) in [5, 5.41) is 17.0. The molecule has 0 fully saturated rings. The van der Waals surface area contributed by atoms with Crippen LogP contribution in [0.2, 0.25) is 0 Å². The molecule has 0 heterocycles. The largest absolute Gasteiger partial charge is 0.384 e. The molecule has 7 nitrogen and oxygen atoms in total. The second-order valence-electron chi connectivity index (χ2n) is 6.72. The standard InChI is InChI=1S/C20H28N4O3S.HI/c1-4-21-19(23-15-20(2,25)17-11-6-5-7-12-17)22-14-16-10-8-9-13-18(16)24-28(3,26)27;/h5-13,24-25H,4,14-15H2,1-3H3,(H2,21,22,23);1H. The minimum Gasteiger partial charge on any atom is -0.384 e. The van der Waals surface area contributed by atoms with Crippen LogP contribution in [0.4, 0.5) is 5.69 Å². The van der Waals surface area contributed by atoms with Gasteiger partial charge < -0.3 is 15.7 Å². The number of aliphatic imine (C=N–C) groups is 1. The summed E-state index contributed by atoms with van der Waals surface area (Å²) in [6, 6.07) is 16.5. The Hall–Kier alpha value is -1.85. The smallest absolute Gasteiger partial charge is 0.229 e. The zero-order chi connectivity index (χ0) is 20.6. The maximum absolute atomic E-state index is 11.5. The molecule has 0 aromatic heterocycles. The van der Waals surface area contributed by atoms with E-state index in [-0.39, 0.29) is 37.1 Å². The maximum Gasteiger partial charge on any atom is 0.229 e. The maximum atomic E-state index is 11.5. The van der Waals surface area contributed by atoms with Gasteiger partial charge in [0.05, 0.1) is 25.0 Å². The van der Waals surface area contributed by atoms with Crippen molar-refractivity contribution >= 4 is 45.6 Å².